The summed E-state index contributed by atoms with van der Waals surface area (Å²) in [7, 11) is 0. The minimum absolute atomic E-state index is 0.137. The molecule has 0 aliphatic rings. The number of nitrogens with one attached hydrogen (secondary N) is 1. The number of carbonyl (C=O) groups excluding carboxylic acids is 1. The molecule has 3 rings (SSSR count). The molecule has 1 amide bonds. The second kappa shape index (κ2) is 5.97. The molecule has 0 saturated carbocycles. The third-order valence-corrected chi connectivity index (χ3v) is 3.72. The summed E-state index contributed by atoms with van der Waals surface area (Å²) in [6.07, 6.45) is 1.63. The number of amides is 1. The maximum Gasteiger partial charge on any atom is 0.255 e. The molecule has 0 fully saturated rings. The molecule has 0 aliphatic carbocycles. The summed E-state index contributed by atoms with van der Waals surface area (Å²) in [5, 5.41) is 2.88. The van der Waals surface area contributed by atoms with Crippen LogP contribution in [0, 0.1) is 0 Å². The molecule has 1 N–H and O–H groups in total. The van der Waals surface area contributed by atoms with Gasteiger partial charge in [-0.25, -0.2) is 0 Å². The Hall–Kier alpha value is -2.33. The molecule has 1 heterocycles. The highest BCUT2D eigenvalue weighted by molar-refractivity contribution is 9.10. The van der Waals surface area contributed by atoms with Crippen molar-refractivity contribution in [1.29, 1.82) is 0 Å². The Morgan fingerprint density at radius 1 is 1.00 bits per heavy atom. The van der Waals surface area contributed by atoms with Crippen molar-refractivity contribution in [3.63, 3.8) is 0 Å². The van der Waals surface area contributed by atoms with Gasteiger partial charge in [0.1, 0.15) is 5.76 Å². The number of benzene rings is 2. The number of halogens is 1. The van der Waals surface area contributed by atoms with Crippen LogP contribution in [0.4, 0.5) is 5.69 Å². The highest BCUT2D eigenvalue weighted by Gasteiger charge is 2.09. The highest BCUT2D eigenvalue weighted by Crippen LogP contribution is 2.29. The Labute approximate surface area is 130 Å². The molecule has 1 aromatic heterocycles. The Bertz CT molecular complexity index is 752. The van der Waals surface area contributed by atoms with Crippen LogP contribution in [-0.4, -0.2) is 5.91 Å². The van der Waals surface area contributed by atoms with E-state index in [9.17, 15) is 4.79 Å². The summed E-state index contributed by atoms with van der Waals surface area (Å²) in [6.45, 7) is 0. The van der Waals surface area contributed by atoms with Gasteiger partial charge in [0.25, 0.3) is 5.91 Å². The lowest BCUT2D eigenvalue weighted by molar-refractivity contribution is 0.102. The van der Waals surface area contributed by atoms with Gasteiger partial charge in [-0.3, -0.25) is 4.79 Å². The first kappa shape index (κ1) is 13.6. The van der Waals surface area contributed by atoms with Crippen LogP contribution in [0.25, 0.3) is 11.3 Å². The fraction of sp³-hybridized carbons (Fsp3) is 0. The zero-order valence-electron chi connectivity index (χ0n) is 11.0. The van der Waals surface area contributed by atoms with Crippen molar-refractivity contribution in [3.05, 3.63) is 77.0 Å². The van der Waals surface area contributed by atoms with E-state index in [0.29, 0.717) is 5.56 Å². The van der Waals surface area contributed by atoms with Crippen molar-refractivity contribution in [1.82, 2.24) is 0 Å². The molecule has 104 valence electrons. The fourth-order valence-electron chi connectivity index (χ4n) is 2.00. The van der Waals surface area contributed by atoms with Gasteiger partial charge in [0, 0.05) is 15.6 Å². The van der Waals surface area contributed by atoms with E-state index in [-0.39, 0.29) is 5.91 Å². The van der Waals surface area contributed by atoms with Crippen LogP contribution in [0.1, 0.15) is 10.4 Å². The van der Waals surface area contributed by atoms with Crippen molar-refractivity contribution in [2.45, 2.75) is 0 Å². The van der Waals surface area contributed by atoms with Crippen LogP contribution in [0.15, 0.2) is 75.8 Å². The van der Waals surface area contributed by atoms with Crippen LogP contribution < -0.4 is 5.32 Å². The summed E-state index contributed by atoms with van der Waals surface area (Å²) in [6, 6.07) is 18.5. The van der Waals surface area contributed by atoms with Gasteiger partial charge in [-0.2, -0.15) is 0 Å². The van der Waals surface area contributed by atoms with Crippen molar-refractivity contribution < 1.29 is 9.21 Å². The zero-order chi connectivity index (χ0) is 14.7. The van der Waals surface area contributed by atoms with Gasteiger partial charge in [0.2, 0.25) is 0 Å². The number of hydrogen-bond donors (Lipinski definition) is 1. The Morgan fingerprint density at radius 3 is 2.48 bits per heavy atom. The Balaban J connectivity index is 1.82. The molecule has 3 aromatic rings. The van der Waals surface area contributed by atoms with Crippen LogP contribution in [0.5, 0.6) is 0 Å². The van der Waals surface area contributed by atoms with Crippen molar-refractivity contribution in [2.75, 3.05) is 5.32 Å². The van der Waals surface area contributed by atoms with Gasteiger partial charge >= 0.3 is 0 Å². The van der Waals surface area contributed by atoms with Gasteiger partial charge in [-0.05, 0) is 58.4 Å². The summed E-state index contributed by atoms with van der Waals surface area (Å²) in [5.74, 6) is 0.652. The quantitative estimate of drug-likeness (QED) is 0.731. The summed E-state index contributed by atoms with van der Waals surface area (Å²) >= 11 is 3.48. The van der Waals surface area contributed by atoms with Crippen LogP contribution in [0.3, 0.4) is 0 Å². The maximum atomic E-state index is 12.1. The van der Waals surface area contributed by atoms with Gasteiger partial charge in [-0.15, -0.1) is 0 Å². The number of carbonyl (C=O) groups is 1. The molecular weight excluding hydrogens is 330 g/mol. The molecule has 0 spiro atoms. The lowest BCUT2D eigenvalue weighted by atomic mass is 10.1. The van der Waals surface area contributed by atoms with E-state index in [1.807, 2.05) is 48.5 Å². The second-order valence-electron chi connectivity index (χ2n) is 4.49. The SMILES string of the molecule is O=C(Nc1ccc(-c2ccco2)cc1Br)c1ccccc1. The third kappa shape index (κ3) is 3.06. The molecule has 3 nitrogen and oxygen atoms in total. The normalized spacial score (nSPS) is 10.3. The minimum Gasteiger partial charge on any atom is -0.464 e. The first-order chi connectivity index (χ1) is 10.2. The van der Waals surface area contributed by atoms with Crippen LogP contribution in [0.2, 0.25) is 0 Å². The van der Waals surface area contributed by atoms with Crippen molar-refractivity contribution >= 4 is 27.5 Å². The average molecular weight is 342 g/mol. The number of hydrogen-bond acceptors (Lipinski definition) is 2. The van der Waals surface area contributed by atoms with E-state index in [4.69, 9.17) is 4.42 Å². The molecule has 0 saturated heterocycles. The topological polar surface area (TPSA) is 42.2 Å². The van der Waals surface area contributed by atoms with Gasteiger partial charge in [-0.1, -0.05) is 18.2 Å². The Morgan fingerprint density at radius 2 is 1.81 bits per heavy atom. The Kier molecular flexibility index (Phi) is 3.88. The largest absolute Gasteiger partial charge is 0.464 e. The predicted molar refractivity (Wildman–Crippen MR) is 86.2 cm³/mol. The summed E-state index contributed by atoms with van der Waals surface area (Å²) in [5.41, 5.74) is 2.29. The average Bonchev–Trinajstić information content (AvgIpc) is 3.04. The number of furan rings is 1. The monoisotopic (exact) mass is 341 g/mol. The molecule has 0 aliphatic heterocycles. The highest BCUT2D eigenvalue weighted by atomic mass is 79.9. The lowest BCUT2D eigenvalue weighted by Gasteiger charge is -2.08. The predicted octanol–water partition coefficient (Wildman–Crippen LogP) is 4.96. The maximum absolute atomic E-state index is 12.1. The minimum atomic E-state index is -0.137. The van der Waals surface area contributed by atoms with Crippen molar-refractivity contribution in [2.24, 2.45) is 0 Å². The van der Waals surface area contributed by atoms with Crippen LogP contribution >= 0.6 is 15.9 Å². The standard InChI is InChI=1S/C17H12BrNO2/c18-14-11-13(16-7-4-10-21-16)8-9-15(14)19-17(20)12-5-2-1-3-6-12/h1-11H,(H,19,20). The molecule has 4 heteroatoms. The first-order valence-electron chi connectivity index (χ1n) is 6.44. The van der Waals surface area contributed by atoms with E-state index in [2.05, 4.69) is 21.2 Å². The second-order valence-corrected chi connectivity index (χ2v) is 5.35. The van der Waals surface area contributed by atoms with Crippen molar-refractivity contribution in [3.8, 4) is 11.3 Å². The smallest absolute Gasteiger partial charge is 0.255 e. The zero-order valence-corrected chi connectivity index (χ0v) is 12.6. The van der Waals surface area contributed by atoms with Gasteiger partial charge in [0.05, 0.1) is 12.0 Å². The molecule has 21 heavy (non-hydrogen) atoms. The number of rotatable bonds is 3. The fourth-order valence-corrected chi connectivity index (χ4v) is 2.47. The molecule has 0 atom stereocenters. The lowest BCUT2D eigenvalue weighted by Crippen LogP contribution is -2.11. The molecule has 0 bridgehead atoms. The third-order valence-electron chi connectivity index (χ3n) is 3.06. The van der Waals surface area contributed by atoms with E-state index >= 15 is 0 Å². The molecule has 2 aromatic carbocycles. The summed E-state index contributed by atoms with van der Waals surface area (Å²) < 4.78 is 6.16. The van der Waals surface area contributed by atoms with Gasteiger partial charge < -0.3 is 9.73 Å². The molecule has 0 unspecified atom stereocenters. The molecule has 0 radical (unpaired) electrons. The van der Waals surface area contributed by atoms with E-state index in [1.165, 1.54) is 0 Å². The summed E-state index contributed by atoms with van der Waals surface area (Å²) in [4.78, 5) is 12.1. The van der Waals surface area contributed by atoms with Crippen LogP contribution in [-0.2, 0) is 0 Å². The van der Waals surface area contributed by atoms with E-state index < -0.39 is 0 Å². The van der Waals surface area contributed by atoms with Gasteiger partial charge in [0.15, 0.2) is 0 Å². The van der Waals surface area contributed by atoms with E-state index in [0.717, 1.165) is 21.5 Å². The van der Waals surface area contributed by atoms with E-state index in [1.54, 1.807) is 18.4 Å². The first-order valence-corrected chi connectivity index (χ1v) is 7.23. The molecular formula is C17H12BrNO2. The number of anilines is 1.